The Morgan fingerprint density at radius 1 is 1.40 bits per heavy atom. The van der Waals surface area contributed by atoms with E-state index in [1.807, 2.05) is 30.3 Å². The lowest BCUT2D eigenvalue weighted by molar-refractivity contribution is 0.137. The van der Waals surface area contributed by atoms with E-state index in [1.165, 1.54) is 12.8 Å². The van der Waals surface area contributed by atoms with Crippen LogP contribution in [-0.2, 0) is 11.3 Å². The highest BCUT2D eigenvalue weighted by Crippen LogP contribution is 2.50. The number of carbonyl (C=O) groups excluding carboxylic acids is 1. The fraction of sp³-hybridized carbons (Fsp3) is 0.533. The molecule has 0 aromatic heterocycles. The molecule has 4 nitrogen and oxygen atoms in total. The van der Waals surface area contributed by atoms with Crippen LogP contribution in [0.4, 0.5) is 4.79 Å². The van der Waals surface area contributed by atoms with Crippen LogP contribution in [-0.4, -0.2) is 25.2 Å². The number of halogens is 1. The highest BCUT2D eigenvalue weighted by molar-refractivity contribution is 5.85. The molecule has 1 aromatic rings. The molecule has 1 aromatic carbocycles. The van der Waals surface area contributed by atoms with Crippen LogP contribution in [0.5, 0.6) is 0 Å². The summed E-state index contributed by atoms with van der Waals surface area (Å²) in [5.74, 6) is 0. The maximum Gasteiger partial charge on any atom is 0.407 e. The molecule has 0 bridgehead atoms. The lowest BCUT2D eigenvalue weighted by Gasteiger charge is -2.23. The fourth-order valence-electron chi connectivity index (χ4n) is 2.92. The third-order valence-corrected chi connectivity index (χ3v) is 4.20. The SMILES string of the molecule is Cl.O=C(NC1CC12CCCNC2)OCc1ccccc1. The van der Waals surface area contributed by atoms with Crippen LogP contribution in [0.2, 0.25) is 0 Å². The van der Waals surface area contributed by atoms with Gasteiger partial charge >= 0.3 is 6.09 Å². The van der Waals surface area contributed by atoms with E-state index >= 15 is 0 Å². The zero-order valence-corrected chi connectivity index (χ0v) is 12.2. The van der Waals surface area contributed by atoms with E-state index in [2.05, 4.69) is 10.6 Å². The third kappa shape index (κ3) is 3.44. The first kappa shape index (κ1) is 15.1. The van der Waals surface area contributed by atoms with Gasteiger partial charge in [-0.25, -0.2) is 4.79 Å². The molecule has 20 heavy (non-hydrogen) atoms. The van der Waals surface area contributed by atoms with Crippen molar-refractivity contribution in [1.29, 1.82) is 0 Å². The summed E-state index contributed by atoms with van der Waals surface area (Å²) in [6.45, 7) is 2.47. The fourth-order valence-corrected chi connectivity index (χ4v) is 2.92. The van der Waals surface area contributed by atoms with Crippen molar-refractivity contribution >= 4 is 18.5 Å². The van der Waals surface area contributed by atoms with Gasteiger partial charge in [-0.2, -0.15) is 0 Å². The van der Waals surface area contributed by atoms with Crippen LogP contribution < -0.4 is 10.6 Å². The summed E-state index contributed by atoms with van der Waals surface area (Å²) < 4.78 is 5.24. The highest BCUT2D eigenvalue weighted by Gasteiger charge is 2.55. The second kappa shape index (κ2) is 6.46. The van der Waals surface area contributed by atoms with Gasteiger partial charge in [-0.1, -0.05) is 30.3 Å². The Morgan fingerprint density at radius 3 is 2.90 bits per heavy atom. The Balaban J connectivity index is 0.00000147. The maximum atomic E-state index is 11.7. The average molecular weight is 297 g/mol. The van der Waals surface area contributed by atoms with Gasteiger partial charge in [-0.15, -0.1) is 12.4 Å². The molecule has 2 aliphatic rings. The van der Waals surface area contributed by atoms with Gasteiger partial charge in [0.1, 0.15) is 6.61 Å². The van der Waals surface area contributed by atoms with Crippen molar-refractivity contribution in [3.8, 4) is 0 Å². The largest absolute Gasteiger partial charge is 0.445 e. The molecule has 2 N–H and O–H groups in total. The van der Waals surface area contributed by atoms with Crippen molar-refractivity contribution in [2.75, 3.05) is 13.1 Å². The maximum absolute atomic E-state index is 11.7. The molecule has 2 atom stereocenters. The number of piperidine rings is 1. The van der Waals surface area contributed by atoms with Gasteiger partial charge in [0.25, 0.3) is 0 Å². The van der Waals surface area contributed by atoms with E-state index in [0.29, 0.717) is 18.1 Å². The molecule has 3 rings (SSSR count). The second-order valence-corrected chi connectivity index (χ2v) is 5.61. The Hall–Kier alpha value is -1.26. The van der Waals surface area contributed by atoms with Crippen LogP contribution in [0, 0.1) is 5.41 Å². The number of nitrogens with one attached hydrogen (secondary N) is 2. The molecular weight excluding hydrogens is 276 g/mol. The number of hydrogen-bond acceptors (Lipinski definition) is 3. The first-order valence-electron chi connectivity index (χ1n) is 6.96. The van der Waals surface area contributed by atoms with E-state index in [9.17, 15) is 4.79 Å². The molecule has 5 heteroatoms. The summed E-state index contributed by atoms with van der Waals surface area (Å²) in [6, 6.07) is 10.0. The predicted molar refractivity (Wildman–Crippen MR) is 80.0 cm³/mol. The van der Waals surface area contributed by atoms with Gasteiger partial charge in [-0.3, -0.25) is 0 Å². The summed E-state index contributed by atoms with van der Waals surface area (Å²) in [5, 5.41) is 6.39. The van der Waals surface area contributed by atoms with Gasteiger partial charge in [0.2, 0.25) is 0 Å². The highest BCUT2D eigenvalue weighted by atomic mass is 35.5. The summed E-state index contributed by atoms with van der Waals surface area (Å²) >= 11 is 0. The smallest absolute Gasteiger partial charge is 0.407 e. The molecule has 1 aliphatic carbocycles. The molecule has 1 spiro atoms. The van der Waals surface area contributed by atoms with E-state index in [4.69, 9.17) is 4.74 Å². The zero-order chi connectivity index (χ0) is 13.1. The Bertz CT molecular complexity index is 446. The van der Waals surface area contributed by atoms with Gasteiger partial charge in [0.05, 0.1) is 0 Å². The Labute approximate surface area is 125 Å². The molecule has 110 valence electrons. The number of hydrogen-bond donors (Lipinski definition) is 2. The molecule has 2 fully saturated rings. The Morgan fingerprint density at radius 2 is 2.20 bits per heavy atom. The molecule has 0 radical (unpaired) electrons. The molecule has 1 heterocycles. The quantitative estimate of drug-likeness (QED) is 0.901. The van der Waals surface area contributed by atoms with Crippen LogP contribution in [0.3, 0.4) is 0 Å². The van der Waals surface area contributed by atoms with Gasteiger partial charge in [-0.05, 0) is 31.4 Å². The van der Waals surface area contributed by atoms with Crippen molar-refractivity contribution < 1.29 is 9.53 Å². The Kier molecular flexibility index (Phi) is 4.89. The zero-order valence-electron chi connectivity index (χ0n) is 11.4. The minimum Gasteiger partial charge on any atom is -0.445 e. The van der Waals surface area contributed by atoms with Crippen LogP contribution in [0.1, 0.15) is 24.8 Å². The van der Waals surface area contributed by atoms with Gasteiger partial charge in [0, 0.05) is 18.0 Å². The van der Waals surface area contributed by atoms with Crippen LogP contribution in [0.15, 0.2) is 30.3 Å². The van der Waals surface area contributed by atoms with E-state index in [0.717, 1.165) is 25.1 Å². The van der Waals surface area contributed by atoms with Gasteiger partial charge < -0.3 is 15.4 Å². The number of alkyl carbamates (subject to hydrolysis) is 1. The normalized spacial score (nSPS) is 27.5. The lowest BCUT2D eigenvalue weighted by Crippen LogP contribution is -2.38. The number of benzene rings is 1. The summed E-state index contributed by atoms with van der Waals surface area (Å²) in [5.41, 5.74) is 1.33. The molecule has 1 saturated carbocycles. The second-order valence-electron chi connectivity index (χ2n) is 5.61. The first-order chi connectivity index (χ1) is 9.28. The molecular formula is C15H21ClN2O2. The van der Waals surface area contributed by atoms with Crippen molar-refractivity contribution in [3.05, 3.63) is 35.9 Å². The lowest BCUT2D eigenvalue weighted by atomic mass is 9.96. The van der Waals surface area contributed by atoms with Crippen molar-refractivity contribution in [2.45, 2.75) is 31.9 Å². The number of carbonyl (C=O) groups is 1. The van der Waals surface area contributed by atoms with Crippen LogP contribution in [0.25, 0.3) is 0 Å². The monoisotopic (exact) mass is 296 g/mol. The summed E-state index contributed by atoms with van der Waals surface area (Å²) in [6.07, 6.45) is 3.21. The van der Waals surface area contributed by atoms with Crippen molar-refractivity contribution in [3.63, 3.8) is 0 Å². The van der Waals surface area contributed by atoms with Gasteiger partial charge in [0.15, 0.2) is 0 Å². The topological polar surface area (TPSA) is 50.4 Å². The van der Waals surface area contributed by atoms with Crippen molar-refractivity contribution in [1.82, 2.24) is 10.6 Å². The number of ether oxygens (including phenoxy) is 1. The summed E-state index contributed by atoms with van der Waals surface area (Å²) in [4.78, 5) is 11.7. The van der Waals surface area contributed by atoms with E-state index in [-0.39, 0.29) is 18.5 Å². The van der Waals surface area contributed by atoms with Crippen LogP contribution >= 0.6 is 12.4 Å². The summed E-state index contributed by atoms with van der Waals surface area (Å²) in [7, 11) is 0. The van der Waals surface area contributed by atoms with Crippen molar-refractivity contribution in [2.24, 2.45) is 5.41 Å². The minimum atomic E-state index is -0.295. The number of amides is 1. The van der Waals surface area contributed by atoms with E-state index < -0.39 is 0 Å². The average Bonchev–Trinajstić information content (AvgIpc) is 3.10. The standard InChI is InChI=1S/C15H20N2O2.ClH/c18-14(19-10-12-5-2-1-3-6-12)17-13-9-15(13)7-4-8-16-11-15;/h1-3,5-6,13,16H,4,7-11H2,(H,17,18);1H. The number of rotatable bonds is 3. The first-order valence-corrected chi connectivity index (χ1v) is 6.96. The molecule has 1 amide bonds. The molecule has 1 aliphatic heterocycles. The molecule has 1 saturated heterocycles. The predicted octanol–water partition coefficient (Wildman–Crippen LogP) is 2.48. The molecule has 2 unspecified atom stereocenters. The minimum absolute atomic E-state index is 0. The van der Waals surface area contributed by atoms with E-state index in [1.54, 1.807) is 0 Å². The third-order valence-electron chi connectivity index (χ3n) is 4.20.